The summed E-state index contributed by atoms with van der Waals surface area (Å²) in [6, 6.07) is 16.1. The number of rotatable bonds is 8. The number of aliphatic hydroxyl groups excluding tert-OH is 1. The maximum atomic E-state index is 13.1. The van der Waals surface area contributed by atoms with Gasteiger partial charge in [0.2, 0.25) is 0 Å². The summed E-state index contributed by atoms with van der Waals surface area (Å²) in [6.07, 6.45) is 1.54. The van der Waals surface area contributed by atoms with Crippen LogP contribution in [0.3, 0.4) is 0 Å². The van der Waals surface area contributed by atoms with Crippen molar-refractivity contribution < 1.29 is 19.0 Å². The number of halogens is 1. The lowest BCUT2D eigenvalue weighted by atomic mass is 9.89. The fourth-order valence-electron chi connectivity index (χ4n) is 4.74. The molecule has 1 fully saturated rings. The normalized spacial score (nSPS) is 15.7. The Morgan fingerprint density at radius 2 is 1.57 bits per heavy atom. The molecule has 3 aromatic rings. The van der Waals surface area contributed by atoms with Gasteiger partial charge in [0.15, 0.2) is 0 Å². The van der Waals surface area contributed by atoms with Gasteiger partial charge >= 0.3 is 0 Å². The largest absolute Gasteiger partial charge is 0.490 e. The Hall–Kier alpha value is -3.09. The van der Waals surface area contributed by atoms with Crippen LogP contribution in [0, 0.1) is 26.6 Å². The van der Waals surface area contributed by atoms with Crippen LogP contribution in [0.4, 0.5) is 10.1 Å². The van der Waals surface area contributed by atoms with Crippen LogP contribution in [0.15, 0.2) is 54.6 Å². The van der Waals surface area contributed by atoms with Gasteiger partial charge in [0, 0.05) is 12.2 Å². The van der Waals surface area contributed by atoms with E-state index in [1.807, 2.05) is 39.0 Å². The number of anilines is 1. The monoisotopic (exact) mass is 478 g/mol. The highest BCUT2D eigenvalue weighted by molar-refractivity contribution is 5.58. The van der Waals surface area contributed by atoms with Gasteiger partial charge < -0.3 is 25.2 Å². The average molecular weight is 479 g/mol. The standard InChI is InChI=1S/C29H35FN2O3/c1-19-16-28(31)20(2)21(3)29(19)34-18-25(33)17-32-14-12-23(13-15-32)22-4-8-26(9-5-22)35-27-10-6-24(30)7-11-27/h4-11,16,23,25,33H,12-15,17-18,31H2,1-3H3. The first kappa shape index (κ1) is 25.0. The highest BCUT2D eigenvalue weighted by Crippen LogP contribution is 2.32. The molecule has 0 radical (unpaired) electrons. The van der Waals surface area contributed by atoms with E-state index in [0.717, 1.165) is 59.8 Å². The molecule has 186 valence electrons. The number of nitrogens with two attached hydrogens (primary N) is 1. The lowest BCUT2D eigenvalue weighted by molar-refractivity contribution is 0.0590. The van der Waals surface area contributed by atoms with Crippen molar-refractivity contribution in [2.45, 2.75) is 45.6 Å². The van der Waals surface area contributed by atoms with E-state index in [2.05, 4.69) is 17.0 Å². The summed E-state index contributed by atoms with van der Waals surface area (Å²) in [5, 5.41) is 10.6. The number of nitrogens with zero attached hydrogens (tertiary/aromatic N) is 1. The molecule has 1 heterocycles. The molecule has 1 aliphatic rings. The number of aliphatic hydroxyl groups is 1. The quantitative estimate of drug-likeness (QED) is 0.404. The molecule has 1 unspecified atom stereocenters. The topological polar surface area (TPSA) is 68.0 Å². The fraction of sp³-hybridized carbons (Fsp3) is 0.379. The van der Waals surface area contributed by atoms with Gasteiger partial charge in [-0.05, 0) is 117 Å². The minimum atomic E-state index is -0.550. The molecular formula is C29H35FN2O3. The first-order valence-corrected chi connectivity index (χ1v) is 12.2. The maximum absolute atomic E-state index is 13.1. The van der Waals surface area contributed by atoms with Crippen molar-refractivity contribution in [1.82, 2.24) is 4.90 Å². The third-order valence-electron chi connectivity index (χ3n) is 6.94. The van der Waals surface area contributed by atoms with Gasteiger partial charge in [-0.1, -0.05) is 12.1 Å². The van der Waals surface area contributed by atoms with Crippen molar-refractivity contribution in [3.63, 3.8) is 0 Å². The number of hydrogen-bond acceptors (Lipinski definition) is 5. The van der Waals surface area contributed by atoms with Gasteiger partial charge in [0.25, 0.3) is 0 Å². The smallest absolute Gasteiger partial charge is 0.127 e. The van der Waals surface area contributed by atoms with E-state index in [1.54, 1.807) is 12.1 Å². The Kier molecular flexibility index (Phi) is 7.93. The molecule has 4 rings (SSSR count). The lowest BCUT2D eigenvalue weighted by Gasteiger charge is -2.33. The molecular weight excluding hydrogens is 443 g/mol. The molecule has 0 saturated carbocycles. The van der Waals surface area contributed by atoms with Crippen LogP contribution in [0.2, 0.25) is 0 Å². The summed E-state index contributed by atoms with van der Waals surface area (Å²) in [6.45, 7) is 8.72. The van der Waals surface area contributed by atoms with Gasteiger partial charge in [-0.3, -0.25) is 0 Å². The zero-order chi connectivity index (χ0) is 24.9. The average Bonchev–Trinajstić information content (AvgIpc) is 2.85. The van der Waals surface area contributed by atoms with E-state index in [9.17, 15) is 9.50 Å². The molecule has 3 N–H and O–H groups in total. The first-order valence-electron chi connectivity index (χ1n) is 12.2. The number of likely N-dealkylation sites (tertiary alicyclic amines) is 1. The van der Waals surface area contributed by atoms with Crippen LogP contribution in [0.25, 0.3) is 0 Å². The summed E-state index contributed by atoms with van der Waals surface area (Å²) < 4.78 is 24.9. The van der Waals surface area contributed by atoms with Gasteiger partial charge in [-0.25, -0.2) is 4.39 Å². The van der Waals surface area contributed by atoms with E-state index in [4.69, 9.17) is 15.2 Å². The molecule has 0 spiro atoms. The summed E-state index contributed by atoms with van der Waals surface area (Å²) in [7, 11) is 0. The number of ether oxygens (including phenoxy) is 2. The van der Waals surface area contributed by atoms with Crippen LogP contribution in [-0.2, 0) is 0 Å². The summed E-state index contributed by atoms with van der Waals surface area (Å²) >= 11 is 0. The van der Waals surface area contributed by atoms with Crippen molar-refractivity contribution in [2.75, 3.05) is 32.0 Å². The highest BCUT2D eigenvalue weighted by Gasteiger charge is 2.23. The highest BCUT2D eigenvalue weighted by atomic mass is 19.1. The summed E-state index contributed by atoms with van der Waals surface area (Å²) in [5.74, 6) is 2.39. The van der Waals surface area contributed by atoms with Crippen LogP contribution in [0.5, 0.6) is 17.2 Å². The molecule has 0 amide bonds. The van der Waals surface area contributed by atoms with Gasteiger partial charge in [-0.15, -0.1) is 0 Å². The van der Waals surface area contributed by atoms with E-state index in [0.29, 0.717) is 18.2 Å². The van der Waals surface area contributed by atoms with Crippen molar-refractivity contribution in [3.8, 4) is 17.2 Å². The van der Waals surface area contributed by atoms with Crippen molar-refractivity contribution in [1.29, 1.82) is 0 Å². The van der Waals surface area contributed by atoms with Gasteiger partial charge in [0.1, 0.15) is 35.8 Å². The molecule has 3 aromatic carbocycles. The molecule has 35 heavy (non-hydrogen) atoms. The van der Waals surface area contributed by atoms with E-state index < -0.39 is 6.10 Å². The van der Waals surface area contributed by atoms with E-state index in [-0.39, 0.29) is 12.4 Å². The Morgan fingerprint density at radius 1 is 0.971 bits per heavy atom. The minimum Gasteiger partial charge on any atom is -0.490 e. The third-order valence-corrected chi connectivity index (χ3v) is 6.94. The fourth-order valence-corrected chi connectivity index (χ4v) is 4.74. The van der Waals surface area contributed by atoms with Gasteiger partial charge in [-0.2, -0.15) is 0 Å². The van der Waals surface area contributed by atoms with Crippen molar-refractivity contribution >= 4 is 5.69 Å². The van der Waals surface area contributed by atoms with Crippen LogP contribution >= 0.6 is 0 Å². The second-order valence-corrected chi connectivity index (χ2v) is 9.53. The molecule has 6 heteroatoms. The molecule has 1 atom stereocenters. The number of β-amino-alcohol motifs (C(OH)–C–C–N with tert-alkyl or cyclic N) is 1. The zero-order valence-electron chi connectivity index (χ0n) is 20.8. The molecule has 1 saturated heterocycles. The third kappa shape index (κ3) is 6.32. The second-order valence-electron chi connectivity index (χ2n) is 9.53. The predicted molar refractivity (Wildman–Crippen MR) is 138 cm³/mol. The molecule has 1 aliphatic heterocycles. The Labute approximate surface area is 207 Å². The van der Waals surface area contributed by atoms with Crippen molar-refractivity contribution in [2.24, 2.45) is 0 Å². The zero-order valence-corrected chi connectivity index (χ0v) is 20.8. The Morgan fingerprint density at radius 3 is 2.20 bits per heavy atom. The van der Waals surface area contributed by atoms with Gasteiger partial charge in [0.05, 0.1) is 0 Å². The molecule has 5 nitrogen and oxygen atoms in total. The van der Waals surface area contributed by atoms with Crippen LogP contribution in [0.1, 0.15) is 41.0 Å². The van der Waals surface area contributed by atoms with E-state index in [1.165, 1.54) is 17.7 Å². The molecule has 0 aromatic heterocycles. The SMILES string of the molecule is Cc1cc(N)c(C)c(C)c1OCC(O)CN1CCC(c2ccc(Oc3ccc(F)cc3)cc2)CC1. The van der Waals surface area contributed by atoms with Crippen LogP contribution in [-0.4, -0.2) is 42.4 Å². The number of benzene rings is 3. The minimum absolute atomic E-state index is 0.264. The van der Waals surface area contributed by atoms with E-state index >= 15 is 0 Å². The number of hydrogen-bond donors (Lipinski definition) is 2. The Balaban J connectivity index is 1.23. The first-order chi connectivity index (χ1) is 16.8. The summed E-state index contributed by atoms with van der Waals surface area (Å²) in [4.78, 5) is 2.31. The van der Waals surface area contributed by atoms with Crippen LogP contribution < -0.4 is 15.2 Å². The Bertz CT molecular complexity index is 1120. The predicted octanol–water partition coefficient (Wildman–Crippen LogP) is 5.74. The number of piperidine rings is 1. The second kappa shape index (κ2) is 11.1. The summed E-state index contributed by atoms with van der Waals surface area (Å²) in [5.41, 5.74) is 11.2. The molecule has 0 bridgehead atoms. The molecule has 0 aliphatic carbocycles. The van der Waals surface area contributed by atoms with Crippen molar-refractivity contribution in [3.05, 3.63) is 82.7 Å². The lowest BCUT2D eigenvalue weighted by Crippen LogP contribution is -2.40. The maximum Gasteiger partial charge on any atom is 0.127 e. The number of nitrogen functional groups attached to an aromatic ring is 1. The number of aryl methyl sites for hydroxylation is 1.